The number of rotatable bonds is 4. The van der Waals surface area contributed by atoms with Crippen LogP contribution >= 0.6 is 0 Å². The molecule has 2 heterocycles. The van der Waals surface area contributed by atoms with E-state index >= 15 is 0 Å². The summed E-state index contributed by atoms with van der Waals surface area (Å²) in [7, 11) is 0. The molecule has 1 aliphatic heterocycles. The molecule has 0 bridgehead atoms. The topological polar surface area (TPSA) is 117 Å². The summed E-state index contributed by atoms with van der Waals surface area (Å²) in [5, 5.41) is 31.8. The quantitative estimate of drug-likeness (QED) is 0.606. The minimum Gasteiger partial charge on any atom is -0.394 e. The van der Waals surface area contributed by atoms with Gasteiger partial charge in [-0.2, -0.15) is 4.98 Å². The Morgan fingerprint density at radius 3 is 2.52 bits per heavy atom. The first-order valence-electron chi connectivity index (χ1n) is 7.14. The maximum Gasteiger partial charge on any atom is 0.351 e. The average Bonchev–Trinajstić information content (AvgIpc) is 2.84. The predicted octanol–water partition coefficient (Wildman–Crippen LogP) is -0.402. The number of nitrogens with one attached hydrogen (secondary N) is 1. The van der Waals surface area contributed by atoms with Crippen molar-refractivity contribution in [3.8, 4) is 0 Å². The lowest BCUT2D eigenvalue weighted by Gasteiger charge is -2.17. The van der Waals surface area contributed by atoms with E-state index in [0.717, 1.165) is 10.3 Å². The molecular formula is C15H17N3O5. The van der Waals surface area contributed by atoms with Crippen molar-refractivity contribution in [1.82, 2.24) is 9.55 Å². The first-order valence-corrected chi connectivity index (χ1v) is 7.14. The lowest BCUT2D eigenvalue weighted by atomic mass is 10.1. The number of aliphatic hydroxyl groups is 3. The van der Waals surface area contributed by atoms with Gasteiger partial charge in [-0.25, -0.2) is 4.79 Å². The van der Waals surface area contributed by atoms with Gasteiger partial charge in [0.25, 0.3) is 0 Å². The van der Waals surface area contributed by atoms with E-state index in [2.05, 4.69) is 10.3 Å². The number of para-hydroxylation sites is 1. The molecule has 1 aromatic heterocycles. The second-order valence-corrected chi connectivity index (χ2v) is 5.22. The van der Waals surface area contributed by atoms with Crippen molar-refractivity contribution in [2.75, 3.05) is 11.9 Å². The number of hydrogen-bond donors (Lipinski definition) is 4. The van der Waals surface area contributed by atoms with E-state index in [1.165, 1.54) is 6.20 Å². The van der Waals surface area contributed by atoms with E-state index in [9.17, 15) is 15.0 Å². The Morgan fingerprint density at radius 2 is 1.91 bits per heavy atom. The number of nitrogens with zero attached hydrogens (tertiary/aromatic N) is 2. The summed E-state index contributed by atoms with van der Waals surface area (Å²) in [6.45, 7) is -0.454. The molecule has 1 saturated heterocycles. The van der Waals surface area contributed by atoms with Crippen LogP contribution in [-0.2, 0) is 4.74 Å². The van der Waals surface area contributed by atoms with Gasteiger partial charge in [0.2, 0.25) is 0 Å². The molecule has 0 radical (unpaired) electrons. The molecule has 1 aliphatic rings. The Balaban J connectivity index is 1.82. The van der Waals surface area contributed by atoms with Gasteiger partial charge in [-0.15, -0.1) is 0 Å². The highest BCUT2D eigenvalue weighted by molar-refractivity contribution is 5.54. The first-order chi connectivity index (χ1) is 11.1. The van der Waals surface area contributed by atoms with Crippen molar-refractivity contribution in [3.63, 3.8) is 0 Å². The van der Waals surface area contributed by atoms with Gasteiger partial charge in [0.15, 0.2) is 6.23 Å². The highest BCUT2D eigenvalue weighted by Gasteiger charge is 2.43. The number of aliphatic hydroxyl groups excluding tert-OH is 3. The number of aromatic nitrogens is 2. The summed E-state index contributed by atoms with van der Waals surface area (Å²) in [6.07, 6.45) is -3.20. The Morgan fingerprint density at radius 1 is 1.17 bits per heavy atom. The zero-order valence-electron chi connectivity index (χ0n) is 12.1. The van der Waals surface area contributed by atoms with Crippen LogP contribution in [0.25, 0.3) is 0 Å². The number of benzene rings is 1. The van der Waals surface area contributed by atoms with E-state index in [1.54, 1.807) is 6.07 Å². The maximum absolute atomic E-state index is 12.1. The first kappa shape index (κ1) is 15.6. The molecule has 3 rings (SSSR count). The summed E-state index contributed by atoms with van der Waals surface area (Å²) in [5.41, 5.74) is 0.144. The van der Waals surface area contributed by atoms with E-state index in [4.69, 9.17) is 9.84 Å². The fourth-order valence-electron chi connectivity index (χ4n) is 2.46. The van der Waals surface area contributed by atoms with Gasteiger partial charge in [-0.3, -0.25) is 4.57 Å². The second kappa shape index (κ2) is 6.47. The van der Waals surface area contributed by atoms with Crippen LogP contribution in [0.15, 0.2) is 47.4 Å². The average molecular weight is 319 g/mol. The number of anilines is 2. The van der Waals surface area contributed by atoms with E-state index < -0.39 is 36.8 Å². The normalized spacial score (nSPS) is 27.1. The predicted molar refractivity (Wildman–Crippen MR) is 81.2 cm³/mol. The van der Waals surface area contributed by atoms with Crippen LogP contribution in [0.2, 0.25) is 0 Å². The molecule has 4 N–H and O–H groups in total. The fourth-order valence-corrected chi connectivity index (χ4v) is 2.46. The van der Waals surface area contributed by atoms with E-state index in [0.29, 0.717) is 5.82 Å². The van der Waals surface area contributed by atoms with E-state index in [1.807, 2.05) is 30.3 Å². The summed E-state index contributed by atoms with van der Waals surface area (Å²) in [4.78, 5) is 16.0. The van der Waals surface area contributed by atoms with Crippen LogP contribution in [-0.4, -0.2) is 49.8 Å². The van der Waals surface area contributed by atoms with Crippen molar-refractivity contribution in [2.24, 2.45) is 0 Å². The molecule has 0 aliphatic carbocycles. The molecule has 1 fully saturated rings. The van der Waals surface area contributed by atoms with Crippen LogP contribution in [0.3, 0.4) is 0 Å². The van der Waals surface area contributed by atoms with Gasteiger partial charge >= 0.3 is 5.69 Å². The second-order valence-electron chi connectivity index (χ2n) is 5.22. The smallest absolute Gasteiger partial charge is 0.351 e. The van der Waals surface area contributed by atoms with Gasteiger partial charge < -0.3 is 25.4 Å². The maximum atomic E-state index is 12.1. The Labute approximate surface area is 131 Å². The monoisotopic (exact) mass is 319 g/mol. The third-order valence-corrected chi connectivity index (χ3v) is 3.67. The van der Waals surface area contributed by atoms with Gasteiger partial charge in [0, 0.05) is 11.9 Å². The third-order valence-electron chi connectivity index (χ3n) is 3.67. The molecule has 8 heteroatoms. The lowest BCUT2D eigenvalue weighted by Crippen LogP contribution is -2.36. The van der Waals surface area contributed by atoms with Gasteiger partial charge in [-0.1, -0.05) is 18.2 Å². The fraction of sp³-hybridized carbons (Fsp3) is 0.333. The van der Waals surface area contributed by atoms with Crippen molar-refractivity contribution in [1.29, 1.82) is 0 Å². The standard InChI is InChI=1S/C15H17N3O5/c19-8-10-12(20)13(21)14(23-10)18-7-6-11(17-15(18)22)16-9-4-2-1-3-5-9/h1-7,10,12-14,19-21H,8H2,(H,16,17,22)/t10-,12+,13-,14+/m0/s1. The molecule has 2 aromatic rings. The molecule has 23 heavy (non-hydrogen) atoms. The van der Waals surface area contributed by atoms with Crippen LogP contribution in [0, 0.1) is 0 Å². The van der Waals surface area contributed by atoms with Gasteiger partial charge in [0.1, 0.15) is 24.1 Å². The number of hydrogen-bond acceptors (Lipinski definition) is 7. The molecule has 8 nitrogen and oxygen atoms in total. The zero-order valence-corrected chi connectivity index (χ0v) is 12.1. The van der Waals surface area contributed by atoms with Crippen molar-refractivity contribution in [3.05, 3.63) is 53.1 Å². The summed E-state index contributed by atoms with van der Waals surface area (Å²) in [6, 6.07) is 10.8. The largest absolute Gasteiger partial charge is 0.394 e. The Kier molecular flexibility index (Phi) is 4.39. The highest BCUT2D eigenvalue weighted by Crippen LogP contribution is 2.28. The molecule has 0 amide bonds. The molecule has 0 saturated carbocycles. The summed E-state index contributed by atoms with van der Waals surface area (Å²) in [5.74, 6) is 0.351. The summed E-state index contributed by atoms with van der Waals surface area (Å²) < 4.78 is 6.40. The molecule has 0 spiro atoms. The van der Waals surface area contributed by atoms with Crippen molar-refractivity contribution >= 4 is 11.5 Å². The lowest BCUT2D eigenvalue weighted by molar-refractivity contribution is -0.0549. The van der Waals surface area contributed by atoms with Crippen LogP contribution in [0.5, 0.6) is 0 Å². The minimum absolute atomic E-state index is 0.351. The third kappa shape index (κ3) is 3.10. The summed E-state index contributed by atoms with van der Waals surface area (Å²) >= 11 is 0. The van der Waals surface area contributed by atoms with E-state index in [-0.39, 0.29) is 0 Å². The van der Waals surface area contributed by atoms with Crippen molar-refractivity contribution in [2.45, 2.75) is 24.5 Å². The van der Waals surface area contributed by atoms with Crippen LogP contribution in [0.4, 0.5) is 11.5 Å². The van der Waals surface area contributed by atoms with Crippen molar-refractivity contribution < 1.29 is 20.1 Å². The molecule has 0 unspecified atom stereocenters. The molecule has 122 valence electrons. The van der Waals surface area contributed by atoms with Crippen LogP contribution in [0.1, 0.15) is 6.23 Å². The SMILES string of the molecule is O=c1nc(Nc2ccccc2)ccn1[C@@H]1O[C@@H](CO)[C@@H](O)[C@@H]1O. The van der Waals surface area contributed by atoms with Gasteiger partial charge in [0.05, 0.1) is 6.61 Å². The molecule has 4 atom stereocenters. The zero-order chi connectivity index (χ0) is 16.4. The number of ether oxygens (including phenoxy) is 1. The Hall–Kier alpha value is -2.26. The van der Waals surface area contributed by atoms with Gasteiger partial charge in [-0.05, 0) is 18.2 Å². The van der Waals surface area contributed by atoms with Crippen LogP contribution < -0.4 is 11.0 Å². The molecular weight excluding hydrogens is 302 g/mol. The molecule has 1 aromatic carbocycles. The highest BCUT2D eigenvalue weighted by atomic mass is 16.6. The Bertz CT molecular complexity index is 721. The minimum atomic E-state index is -1.32.